The number of rotatable bonds is 8. The van der Waals surface area contributed by atoms with E-state index in [0.717, 1.165) is 13.1 Å². The highest BCUT2D eigenvalue weighted by Crippen LogP contribution is 2.06. The maximum Gasteiger partial charge on any atom is 0.0233 e. The molecule has 0 amide bonds. The van der Waals surface area contributed by atoms with E-state index in [-0.39, 0.29) is 0 Å². The molecule has 1 aromatic rings. The fourth-order valence-electron chi connectivity index (χ4n) is 1.95. The molecule has 0 aliphatic carbocycles. The average molecular weight is 219 g/mol. The Kier molecular flexibility index (Phi) is 6.91. The molecule has 0 aromatic heterocycles. The minimum absolute atomic E-state index is 1.10. The third-order valence-electron chi connectivity index (χ3n) is 3.02. The van der Waals surface area contributed by atoms with Crippen molar-refractivity contribution in [3.05, 3.63) is 35.9 Å². The van der Waals surface area contributed by atoms with Gasteiger partial charge in [0.05, 0.1) is 0 Å². The quantitative estimate of drug-likeness (QED) is 0.595. The number of hydrogen-bond acceptors (Lipinski definition) is 1. The fourth-order valence-corrected chi connectivity index (χ4v) is 1.95. The van der Waals surface area contributed by atoms with Gasteiger partial charge >= 0.3 is 0 Å². The minimum atomic E-state index is 1.10. The van der Waals surface area contributed by atoms with Crippen molar-refractivity contribution in [2.75, 3.05) is 13.1 Å². The van der Waals surface area contributed by atoms with Crippen LogP contribution in [0.15, 0.2) is 30.3 Å². The van der Waals surface area contributed by atoms with Crippen LogP contribution in [0, 0.1) is 0 Å². The van der Waals surface area contributed by atoms with Crippen LogP contribution >= 0.6 is 0 Å². The summed E-state index contributed by atoms with van der Waals surface area (Å²) in [4.78, 5) is 2.53. The van der Waals surface area contributed by atoms with E-state index in [1.807, 2.05) is 0 Å². The zero-order valence-corrected chi connectivity index (χ0v) is 10.8. The first-order chi connectivity index (χ1) is 7.86. The molecule has 0 unspecified atom stereocenters. The second-order valence-electron chi connectivity index (χ2n) is 4.42. The minimum Gasteiger partial charge on any atom is -0.299 e. The van der Waals surface area contributed by atoms with Gasteiger partial charge in [-0.05, 0) is 25.1 Å². The van der Waals surface area contributed by atoms with Crippen molar-refractivity contribution in [3.8, 4) is 0 Å². The van der Waals surface area contributed by atoms with Crippen molar-refractivity contribution in [3.63, 3.8) is 0 Å². The Bertz CT molecular complexity index is 255. The van der Waals surface area contributed by atoms with Crippen molar-refractivity contribution < 1.29 is 0 Å². The fraction of sp³-hybridized carbons (Fsp3) is 0.600. The van der Waals surface area contributed by atoms with Crippen LogP contribution in [0.1, 0.15) is 45.1 Å². The van der Waals surface area contributed by atoms with Crippen LogP contribution in [0.4, 0.5) is 0 Å². The van der Waals surface area contributed by atoms with Crippen molar-refractivity contribution in [1.82, 2.24) is 4.90 Å². The summed E-state index contributed by atoms with van der Waals surface area (Å²) in [5.74, 6) is 0. The molecular weight excluding hydrogens is 194 g/mol. The van der Waals surface area contributed by atoms with Crippen LogP contribution in [-0.4, -0.2) is 18.0 Å². The molecule has 1 aromatic carbocycles. The smallest absolute Gasteiger partial charge is 0.0233 e. The molecule has 0 atom stereocenters. The van der Waals surface area contributed by atoms with Gasteiger partial charge in [0.25, 0.3) is 0 Å². The second-order valence-corrected chi connectivity index (χ2v) is 4.42. The Hall–Kier alpha value is -0.820. The average Bonchev–Trinajstić information content (AvgIpc) is 2.34. The van der Waals surface area contributed by atoms with Crippen LogP contribution in [-0.2, 0) is 6.54 Å². The molecule has 0 radical (unpaired) electrons. The first kappa shape index (κ1) is 13.2. The highest BCUT2D eigenvalue weighted by molar-refractivity contribution is 5.14. The van der Waals surface area contributed by atoms with Gasteiger partial charge in [-0.1, -0.05) is 63.4 Å². The molecule has 90 valence electrons. The molecule has 0 bridgehead atoms. The topological polar surface area (TPSA) is 3.24 Å². The van der Waals surface area contributed by atoms with E-state index in [1.54, 1.807) is 0 Å². The van der Waals surface area contributed by atoms with E-state index in [2.05, 4.69) is 49.1 Å². The highest BCUT2D eigenvalue weighted by atomic mass is 15.1. The van der Waals surface area contributed by atoms with Crippen molar-refractivity contribution >= 4 is 0 Å². The van der Waals surface area contributed by atoms with Gasteiger partial charge < -0.3 is 0 Å². The third-order valence-corrected chi connectivity index (χ3v) is 3.02. The van der Waals surface area contributed by atoms with Crippen LogP contribution in [0.3, 0.4) is 0 Å². The number of nitrogens with zero attached hydrogens (tertiary/aromatic N) is 1. The van der Waals surface area contributed by atoms with Crippen LogP contribution < -0.4 is 0 Å². The molecule has 1 nitrogen and oxygen atoms in total. The van der Waals surface area contributed by atoms with E-state index in [1.165, 1.54) is 37.8 Å². The van der Waals surface area contributed by atoms with Crippen LogP contribution in [0.2, 0.25) is 0 Å². The molecule has 0 aliphatic heterocycles. The van der Waals surface area contributed by atoms with E-state index in [9.17, 15) is 0 Å². The summed E-state index contributed by atoms with van der Waals surface area (Å²) in [6, 6.07) is 10.8. The highest BCUT2D eigenvalue weighted by Gasteiger charge is 2.02. The molecule has 0 spiro atoms. The third kappa shape index (κ3) is 5.32. The molecule has 0 aliphatic rings. The molecule has 0 fully saturated rings. The molecule has 0 heterocycles. The molecule has 0 saturated carbocycles. The first-order valence-corrected chi connectivity index (χ1v) is 6.63. The lowest BCUT2D eigenvalue weighted by atomic mass is 10.1. The van der Waals surface area contributed by atoms with Crippen LogP contribution in [0.25, 0.3) is 0 Å². The predicted octanol–water partition coefficient (Wildman–Crippen LogP) is 4.09. The lowest BCUT2D eigenvalue weighted by Gasteiger charge is -2.20. The maximum absolute atomic E-state index is 2.53. The Morgan fingerprint density at radius 1 is 0.938 bits per heavy atom. The lowest BCUT2D eigenvalue weighted by molar-refractivity contribution is 0.273. The molecule has 0 N–H and O–H groups in total. The van der Waals surface area contributed by atoms with E-state index < -0.39 is 0 Å². The Balaban J connectivity index is 2.26. The second kappa shape index (κ2) is 8.35. The van der Waals surface area contributed by atoms with Gasteiger partial charge in [-0.15, -0.1) is 0 Å². The Labute approximate surface area is 100 Å². The summed E-state index contributed by atoms with van der Waals surface area (Å²) in [5, 5.41) is 0. The largest absolute Gasteiger partial charge is 0.299 e. The molecule has 1 heteroatoms. The maximum atomic E-state index is 2.53. The molecular formula is C15H25N. The predicted molar refractivity (Wildman–Crippen MR) is 71.5 cm³/mol. The summed E-state index contributed by atoms with van der Waals surface area (Å²) in [6.45, 7) is 8.01. The summed E-state index contributed by atoms with van der Waals surface area (Å²) < 4.78 is 0. The first-order valence-electron chi connectivity index (χ1n) is 6.63. The number of benzene rings is 1. The van der Waals surface area contributed by atoms with Gasteiger partial charge in [-0.3, -0.25) is 4.90 Å². The van der Waals surface area contributed by atoms with Gasteiger partial charge in [0.1, 0.15) is 0 Å². The summed E-state index contributed by atoms with van der Waals surface area (Å²) in [7, 11) is 0. The summed E-state index contributed by atoms with van der Waals surface area (Å²) >= 11 is 0. The SMILES string of the molecule is CCCCCCN(CC)Cc1ccccc1. The standard InChI is InChI=1S/C15H25N/c1-3-5-6-10-13-16(4-2)14-15-11-8-7-9-12-15/h7-9,11-12H,3-6,10,13-14H2,1-2H3. The monoisotopic (exact) mass is 219 g/mol. The Morgan fingerprint density at radius 2 is 1.69 bits per heavy atom. The van der Waals surface area contributed by atoms with E-state index >= 15 is 0 Å². The molecule has 1 rings (SSSR count). The number of hydrogen-bond donors (Lipinski definition) is 0. The van der Waals surface area contributed by atoms with Gasteiger partial charge in [0.2, 0.25) is 0 Å². The van der Waals surface area contributed by atoms with Crippen molar-refractivity contribution in [2.45, 2.75) is 46.1 Å². The normalized spacial score (nSPS) is 10.9. The Morgan fingerprint density at radius 3 is 2.31 bits per heavy atom. The van der Waals surface area contributed by atoms with Crippen LogP contribution in [0.5, 0.6) is 0 Å². The van der Waals surface area contributed by atoms with E-state index in [0.29, 0.717) is 0 Å². The van der Waals surface area contributed by atoms with Crippen molar-refractivity contribution in [2.24, 2.45) is 0 Å². The summed E-state index contributed by atoms with van der Waals surface area (Å²) in [5.41, 5.74) is 1.43. The zero-order valence-electron chi connectivity index (χ0n) is 10.8. The van der Waals surface area contributed by atoms with Gasteiger partial charge in [0, 0.05) is 6.54 Å². The number of unbranched alkanes of at least 4 members (excludes halogenated alkanes) is 3. The lowest BCUT2D eigenvalue weighted by Crippen LogP contribution is -2.23. The van der Waals surface area contributed by atoms with Crippen molar-refractivity contribution in [1.29, 1.82) is 0 Å². The molecule has 16 heavy (non-hydrogen) atoms. The van der Waals surface area contributed by atoms with Gasteiger partial charge in [0.15, 0.2) is 0 Å². The summed E-state index contributed by atoms with van der Waals surface area (Å²) in [6.07, 6.45) is 5.42. The van der Waals surface area contributed by atoms with Gasteiger partial charge in [-0.2, -0.15) is 0 Å². The van der Waals surface area contributed by atoms with E-state index in [4.69, 9.17) is 0 Å². The molecule has 0 saturated heterocycles. The zero-order chi connectivity index (χ0) is 11.6. The van der Waals surface area contributed by atoms with Gasteiger partial charge in [-0.25, -0.2) is 0 Å².